The Kier molecular flexibility index (Phi) is 13.2. The number of rotatable bonds is 3. The van der Waals surface area contributed by atoms with Crippen LogP contribution in [0.2, 0.25) is 0 Å². The van der Waals surface area contributed by atoms with Crippen LogP contribution in [0.3, 0.4) is 0 Å². The van der Waals surface area contributed by atoms with E-state index in [4.69, 9.17) is 4.55 Å². The molecule has 0 aromatic rings. The van der Waals surface area contributed by atoms with Crippen molar-refractivity contribution in [3.8, 4) is 0 Å². The topological polar surface area (TPSA) is 54.4 Å². The van der Waals surface area contributed by atoms with E-state index in [9.17, 15) is 8.42 Å². The Bertz CT molecular complexity index is 145. The van der Waals surface area contributed by atoms with E-state index in [1.165, 1.54) is 0 Å². The molecular weight excluding hydrogens is 269 g/mol. The third-order valence-corrected chi connectivity index (χ3v) is 1.56. The molecule has 0 saturated heterocycles. The molecule has 0 rings (SSSR count). The van der Waals surface area contributed by atoms with Gasteiger partial charge in [0, 0.05) is 4.70 Å². The van der Waals surface area contributed by atoms with Crippen LogP contribution >= 0.6 is 0 Å². The first-order chi connectivity index (χ1) is 3.56. The molecule has 1 radical (unpaired) electrons. The maximum absolute atomic E-state index is 9.95. The number of hydrogen-bond donors (Lipinski definition) is 1. The average Bonchev–Trinajstić information content (AvgIpc) is 1.59. The molecule has 65 valence electrons. The molecule has 10 heavy (non-hydrogen) atoms. The first-order valence-electron chi connectivity index (χ1n) is 2.51. The van der Waals surface area contributed by atoms with Gasteiger partial charge >= 0.3 is 24.4 Å². The number of unbranched alkanes of at least 4 members (excludes halogenated alkanes) is 1. The van der Waals surface area contributed by atoms with Crippen molar-refractivity contribution in [2.24, 2.45) is 0 Å². The Balaban J connectivity index is -0.000000245. The minimum absolute atomic E-state index is 0. The van der Waals surface area contributed by atoms with E-state index >= 15 is 0 Å². The van der Waals surface area contributed by atoms with Gasteiger partial charge in [-0.05, 0) is 6.42 Å². The van der Waals surface area contributed by atoms with Crippen molar-refractivity contribution >= 4 is 34.5 Å². The molecule has 0 spiro atoms. The molecule has 0 amide bonds. The number of halogens is 1. The fourth-order valence-electron chi connectivity index (χ4n) is 0.327. The molecule has 0 aliphatic rings. The zero-order chi connectivity index (χ0) is 6.62. The molecular formula is C4H13FO3SSb. The van der Waals surface area contributed by atoms with E-state index in [0.717, 1.165) is 6.42 Å². The zero-order valence-electron chi connectivity index (χ0n) is 5.88. The molecule has 0 bridgehead atoms. The van der Waals surface area contributed by atoms with Crippen molar-refractivity contribution in [1.82, 2.24) is 0 Å². The molecule has 0 aromatic carbocycles. The van der Waals surface area contributed by atoms with Gasteiger partial charge in [0.2, 0.25) is 0 Å². The molecule has 6 heteroatoms. The summed E-state index contributed by atoms with van der Waals surface area (Å²) < 4.78 is 28.0. The molecule has 0 aliphatic heterocycles. The average molecular weight is 282 g/mol. The van der Waals surface area contributed by atoms with Crippen LogP contribution in [0.4, 0.5) is 4.70 Å². The van der Waals surface area contributed by atoms with E-state index in [1.54, 1.807) is 0 Å². The van der Waals surface area contributed by atoms with Crippen LogP contribution in [0.1, 0.15) is 19.8 Å². The summed E-state index contributed by atoms with van der Waals surface area (Å²) in [6.45, 7) is 1.87. The van der Waals surface area contributed by atoms with E-state index in [1.807, 2.05) is 6.92 Å². The van der Waals surface area contributed by atoms with Gasteiger partial charge < -0.3 is 0 Å². The molecule has 0 unspecified atom stereocenters. The third-order valence-electron chi connectivity index (χ3n) is 0.756. The van der Waals surface area contributed by atoms with Crippen LogP contribution in [0.25, 0.3) is 0 Å². The molecule has 0 aliphatic carbocycles. The van der Waals surface area contributed by atoms with E-state index < -0.39 is 10.1 Å². The van der Waals surface area contributed by atoms with Gasteiger partial charge in [0.15, 0.2) is 0 Å². The monoisotopic (exact) mass is 281 g/mol. The Morgan fingerprint density at radius 1 is 1.40 bits per heavy atom. The second-order valence-corrected chi connectivity index (χ2v) is 3.21. The first kappa shape index (κ1) is 17.0. The van der Waals surface area contributed by atoms with Crippen molar-refractivity contribution in [3.63, 3.8) is 0 Å². The van der Waals surface area contributed by atoms with E-state index in [2.05, 4.69) is 0 Å². The fourth-order valence-corrected chi connectivity index (χ4v) is 0.980. The fraction of sp³-hybridized carbons (Fsp3) is 1.00. The summed E-state index contributed by atoms with van der Waals surface area (Å²) in [5.41, 5.74) is 0. The summed E-state index contributed by atoms with van der Waals surface area (Å²) in [4.78, 5) is 0. The molecule has 1 N–H and O–H groups in total. The van der Waals surface area contributed by atoms with Crippen molar-refractivity contribution in [1.29, 1.82) is 0 Å². The van der Waals surface area contributed by atoms with Crippen LogP contribution in [0.15, 0.2) is 0 Å². The second kappa shape index (κ2) is 7.76. The molecule has 0 fully saturated rings. The summed E-state index contributed by atoms with van der Waals surface area (Å²) in [6, 6.07) is 0. The van der Waals surface area contributed by atoms with Crippen molar-refractivity contribution in [2.45, 2.75) is 19.8 Å². The normalized spacial score (nSPS) is 9.40. The van der Waals surface area contributed by atoms with Gasteiger partial charge in [-0.2, -0.15) is 8.42 Å². The summed E-state index contributed by atoms with van der Waals surface area (Å²) in [5.74, 6) is -0.108. The number of hydrogen-bond acceptors (Lipinski definition) is 2. The predicted molar refractivity (Wildman–Crippen MR) is 42.4 cm³/mol. The second-order valence-electron chi connectivity index (χ2n) is 1.64. The Morgan fingerprint density at radius 2 is 1.80 bits per heavy atom. The zero-order valence-corrected chi connectivity index (χ0v) is 10.7. The SMILES string of the molecule is CCCCS(=O)(=O)O.[F].[SbH3]. The van der Waals surface area contributed by atoms with Crippen LogP contribution < -0.4 is 0 Å². The Hall–Kier alpha value is 0.658. The van der Waals surface area contributed by atoms with E-state index in [-0.39, 0.29) is 34.9 Å². The molecule has 0 atom stereocenters. The van der Waals surface area contributed by atoms with Crippen molar-refractivity contribution < 1.29 is 17.7 Å². The van der Waals surface area contributed by atoms with E-state index in [0.29, 0.717) is 6.42 Å². The third kappa shape index (κ3) is 15.9. The Morgan fingerprint density at radius 3 is 1.90 bits per heavy atom. The van der Waals surface area contributed by atoms with Crippen LogP contribution in [-0.2, 0) is 10.1 Å². The summed E-state index contributed by atoms with van der Waals surface area (Å²) in [5, 5.41) is 0. The van der Waals surface area contributed by atoms with Crippen molar-refractivity contribution in [2.75, 3.05) is 5.75 Å². The maximum atomic E-state index is 9.95. The van der Waals surface area contributed by atoms with Gasteiger partial charge in [0.25, 0.3) is 10.1 Å². The van der Waals surface area contributed by atoms with Crippen LogP contribution in [0, 0.1) is 0 Å². The summed E-state index contributed by atoms with van der Waals surface area (Å²) >= 11 is 0. The minimum atomic E-state index is -3.69. The van der Waals surface area contributed by atoms with Gasteiger partial charge in [-0.1, -0.05) is 13.3 Å². The Labute approximate surface area is 77.8 Å². The standard InChI is InChI=1S/C4H10O3S.F.Sb.3H/c1-2-3-4-8(5,6)7;;;;;/h2-4H2,1H3,(H,5,6,7);;;;;. The predicted octanol–water partition coefficient (Wildman–Crippen LogP) is -0.0894. The first-order valence-corrected chi connectivity index (χ1v) is 4.12. The van der Waals surface area contributed by atoms with Crippen LogP contribution in [0.5, 0.6) is 0 Å². The summed E-state index contributed by atoms with van der Waals surface area (Å²) in [7, 11) is -3.69. The van der Waals surface area contributed by atoms with Crippen LogP contribution in [-0.4, -0.2) is 43.2 Å². The summed E-state index contributed by atoms with van der Waals surface area (Å²) in [6.07, 6.45) is 1.33. The van der Waals surface area contributed by atoms with Gasteiger partial charge in [-0.25, -0.2) is 0 Å². The molecule has 3 nitrogen and oxygen atoms in total. The molecule has 0 heterocycles. The molecule has 0 aromatic heterocycles. The molecule has 0 saturated carbocycles. The quantitative estimate of drug-likeness (QED) is 0.581. The van der Waals surface area contributed by atoms with Crippen molar-refractivity contribution in [3.05, 3.63) is 0 Å². The van der Waals surface area contributed by atoms with Gasteiger partial charge in [-0.3, -0.25) is 4.55 Å². The van der Waals surface area contributed by atoms with Gasteiger partial charge in [-0.15, -0.1) is 0 Å². The van der Waals surface area contributed by atoms with Gasteiger partial charge in [0.05, 0.1) is 5.75 Å². The van der Waals surface area contributed by atoms with Gasteiger partial charge in [0.1, 0.15) is 0 Å².